The molecule has 0 aliphatic heterocycles. The second kappa shape index (κ2) is 17.6. The lowest BCUT2D eigenvalue weighted by molar-refractivity contribution is -0.141. The number of benzene rings is 1. The third kappa shape index (κ3) is 15.1. The smallest absolute Gasteiger partial charge is 0.327 e. The molecule has 35 heavy (non-hydrogen) atoms. The van der Waals surface area contributed by atoms with Gasteiger partial charge in [0.2, 0.25) is 11.8 Å². The number of carbonyl (C=O) groups is 4. The van der Waals surface area contributed by atoms with E-state index in [2.05, 4.69) is 20.1 Å². The van der Waals surface area contributed by atoms with Crippen LogP contribution in [0.5, 0.6) is 0 Å². The molecule has 0 saturated carbocycles. The first kappa shape index (κ1) is 33.2. The molecule has 17 heteroatoms. The highest BCUT2D eigenvalue weighted by Gasteiger charge is 2.20. The van der Waals surface area contributed by atoms with Gasteiger partial charge < -0.3 is 35.8 Å². The molecule has 0 aromatic heterocycles. The van der Waals surface area contributed by atoms with Crippen LogP contribution in [0.25, 0.3) is 0 Å². The van der Waals surface area contributed by atoms with Crippen LogP contribution in [0.4, 0.5) is 0 Å². The molecule has 194 valence electrons. The van der Waals surface area contributed by atoms with Gasteiger partial charge in [0.05, 0.1) is 0 Å². The van der Waals surface area contributed by atoms with Crippen LogP contribution in [0.3, 0.4) is 0 Å². The summed E-state index contributed by atoms with van der Waals surface area (Å²) in [5, 5.41) is 22.9. The highest BCUT2D eigenvalue weighted by atomic mass is 32.2. The van der Waals surface area contributed by atoms with Crippen molar-refractivity contribution in [1.82, 2.24) is 20.1 Å². The molecule has 0 saturated heterocycles. The number of amides is 2. The summed E-state index contributed by atoms with van der Waals surface area (Å²) in [4.78, 5) is 46.1. The monoisotopic (exact) mass is 600 g/mol. The van der Waals surface area contributed by atoms with Gasteiger partial charge in [-0.3, -0.25) is 9.59 Å². The summed E-state index contributed by atoms with van der Waals surface area (Å²) in [6, 6.07) is 5.33. The van der Waals surface area contributed by atoms with Gasteiger partial charge in [0.15, 0.2) is 0 Å². The Morgan fingerprint density at radius 2 is 1.09 bits per heavy atom. The fourth-order valence-electron chi connectivity index (χ4n) is 1.99. The summed E-state index contributed by atoms with van der Waals surface area (Å²) in [6.45, 7) is 2.50. The Bertz CT molecular complexity index is 846. The molecule has 0 spiro atoms. The van der Waals surface area contributed by atoms with Gasteiger partial charge in [0, 0.05) is 35.1 Å². The van der Waals surface area contributed by atoms with Crippen molar-refractivity contribution in [3.05, 3.63) is 24.3 Å². The van der Waals surface area contributed by atoms with E-state index in [0.29, 0.717) is 8.64 Å². The first-order valence-electron chi connectivity index (χ1n) is 9.27. The molecular weight excluding hydrogens is 577 g/mol. The number of carboxylic acids is 2. The Hall–Kier alpha value is -1.76. The average Bonchev–Trinajstić information content (AvgIpc) is 2.76. The quantitative estimate of drug-likeness (QED) is 0.149. The molecule has 0 aliphatic carbocycles. The van der Waals surface area contributed by atoms with Gasteiger partial charge in [-0.05, 0) is 48.2 Å². The van der Waals surface area contributed by atoms with E-state index >= 15 is 0 Å². The van der Waals surface area contributed by atoms with Gasteiger partial charge in [-0.1, -0.05) is 48.0 Å². The molecule has 2 atom stereocenters. The van der Waals surface area contributed by atoms with Crippen molar-refractivity contribution < 1.29 is 34.9 Å². The van der Waals surface area contributed by atoms with Crippen LogP contribution in [0, 0.1) is 0 Å². The zero-order valence-electron chi connectivity index (χ0n) is 18.4. The Labute approximate surface area is 229 Å². The van der Waals surface area contributed by atoms with Gasteiger partial charge in [-0.25, -0.2) is 9.59 Å². The summed E-state index contributed by atoms with van der Waals surface area (Å²) < 4.78 is 6.65. The van der Waals surface area contributed by atoms with Gasteiger partial charge in [0.25, 0.3) is 0 Å². The Morgan fingerprint density at radius 3 is 1.34 bits per heavy atom. The molecule has 11 nitrogen and oxygen atoms in total. The van der Waals surface area contributed by atoms with Gasteiger partial charge in [-0.2, -0.15) is 0 Å². The average molecular weight is 601 g/mol. The van der Waals surface area contributed by atoms with Crippen molar-refractivity contribution in [1.29, 1.82) is 0 Å². The lowest BCUT2D eigenvalue weighted by Crippen LogP contribution is -2.41. The van der Waals surface area contributed by atoms with E-state index < -0.39 is 35.8 Å². The van der Waals surface area contributed by atoms with Crippen LogP contribution in [-0.2, 0) is 19.2 Å². The molecule has 1 aromatic rings. The lowest BCUT2D eigenvalue weighted by Gasteiger charge is -2.14. The van der Waals surface area contributed by atoms with Gasteiger partial charge >= 0.3 is 11.9 Å². The number of nitrogens with one attached hydrogen (secondary N) is 4. The summed E-state index contributed by atoms with van der Waals surface area (Å²) in [6.07, 6.45) is 0. The number of aliphatic carboxylic acids is 2. The molecule has 0 heterocycles. The second-order valence-electron chi connectivity index (χ2n) is 6.26. The van der Waals surface area contributed by atoms with Crippen LogP contribution >= 0.6 is 71.9 Å². The number of thiocarbonyl (C=S) groups is 2. The van der Waals surface area contributed by atoms with E-state index in [1.165, 1.54) is 37.7 Å². The van der Waals surface area contributed by atoms with E-state index in [1.807, 2.05) is 24.3 Å². The Morgan fingerprint density at radius 1 is 0.771 bits per heavy atom. The highest BCUT2D eigenvalue weighted by molar-refractivity contribution is 8.24. The molecular formula is C18H24N4O7S6. The third-order valence-corrected chi connectivity index (χ3v) is 8.23. The zero-order valence-corrected chi connectivity index (χ0v) is 23.3. The SMILES string of the molecule is CC(=O)NC(CSC(=S)NSc1ccc(SNC(=S)SCC(NC(C)=O)C(=O)O)cc1)C(=O)O.O. The molecule has 2 unspecified atom stereocenters. The van der Waals surface area contributed by atoms with Crippen molar-refractivity contribution in [3.63, 3.8) is 0 Å². The molecule has 1 aromatic carbocycles. The molecule has 8 N–H and O–H groups in total. The van der Waals surface area contributed by atoms with E-state index in [0.717, 1.165) is 33.3 Å². The highest BCUT2D eigenvalue weighted by Crippen LogP contribution is 2.22. The van der Waals surface area contributed by atoms with E-state index in [4.69, 9.17) is 34.6 Å². The number of carboxylic acid groups (broad SMARTS) is 2. The minimum atomic E-state index is -1.13. The predicted molar refractivity (Wildman–Crippen MR) is 149 cm³/mol. The maximum absolute atomic E-state index is 11.1. The summed E-state index contributed by atoms with van der Waals surface area (Å²) in [5.41, 5.74) is 0. The number of hydrogen-bond acceptors (Lipinski definition) is 10. The Balaban J connectivity index is 0.0000116. The van der Waals surface area contributed by atoms with Crippen LogP contribution in [0.15, 0.2) is 34.1 Å². The van der Waals surface area contributed by atoms with Crippen molar-refractivity contribution in [3.8, 4) is 0 Å². The Kier molecular flexibility index (Phi) is 16.7. The van der Waals surface area contributed by atoms with Crippen molar-refractivity contribution in [2.75, 3.05) is 11.5 Å². The van der Waals surface area contributed by atoms with Crippen molar-refractivity contribution >= 4 is 104 Å². The predicted octanol–water partition coefficient (Wildman–Crippen LogP) is 1.27. The second-order valence-corrected chi connectivity index (χ2v) is 11.4. The van der Waals surface area contributed by atoms with Crippen LogP contribution < -0.4 is 20.1 Å². The summed E-state index contributed by atoms with van der Waals surface area (Å²) in [5.74, 6) is -2.93. The van der Waals surface area contributed by atoms with E-state index in [9.17, 15) is 19.2 Å². The normalized spacial score (nSPS) is 11.7. The minimum absolute atomic E-state index is 0. The number of thioether (sulfide) groups is 2. The first-order chi connectivity index (χ1) is 16.0. The molecule has 1 rings (SSSR count). The lowest BCUT2D eigenvalue weighted by atomic mass is 10.3. The van der Waals surface area contributed by atoms with Gasteiger partial charge in [-0.15, -0.1) is 0 Å². The molecule has 0 fully saturated rings. The number of hydrogen-bond donors (Lipinski definition) is 6. The van der Waals surface area contributed by atoms with E-state index in [-0.39, 0.29) is 17.0 Å². The van der Waals surface area contributed by atoms with Crippen LogP contribution in [0.2, 0.25) is 0 Å². The maximum Gasteiger partial charge on any atom is 0.327 e. The number of rotatable bonds is 12. The zero-order chi connectivity index (χ0) is 25.7. The molecule has 2 amide bonds. The van der Waals surface area contributed by atoms with Crippen molar-refractivity contribution in [2.24, 2.45) is 0 Å². The van der Waals surface area contributed by atoms with Crippen LogP contribution in [0.1, 0.15) is 13.8 Å². The maximum atomic E-state index is 11.1. The molecule has 0 radical (unpaired) electrons. The minimum Gasteiger partial charge on any atom is -0.480 e. The van der Waals surface area contributed by atoms with Crippen molar-refractivity contribution in [2.45, 2.75) is 35.7 Å². The molecule has 0 aliphatic rings. The fraction of sp³-hybridized carbons (Fsp3) is 0.333. The fourth-order valence-corrected chi connectivity index (χ4v) is 5.41. The van der Waals surface area contributed by atoms with Gasteiger partial charge in [0.1, 0.15) is 20.7 Å². The standard InChI is InChI=1S/C18H22N4O6S6.H2O/c1-9(23)19-13(15(25)26)7-31-17(29)21-33-11-3-5-12(6-4-11)34-22-18(30)32-8-14(16(27)28)20-10(2)24;/h3-6,13-14H,7-8H2,1-2H3,(H,19,23)(H,20,24)(H,21,29)(H,22,30)(H,25,26)(H,27,28);1H2. The largest absolute Gasteiger partial charge is 0.480 e. The summed E-state index contributed by atoms with van der Waals surface area (Å²) >= 11 is 15.1. The van der Waals surface area contributed by atoms with E-state index in [1.54, 1.807) is 0 Å². The topological polar surface area (TPSA) is 188 Å². The third-order valence-electron chi connectivity index (χ3n) is 3.44. The summed E-state index contributed by atoms with van der Waals surface area (Å²) in [7, 11) is 0. The first-order valence-corrected chi connectivity index (χ1v) is 13.7. The van der Waals surface area contributed by atoms with Crippen LogP contribution in [-0.4, -0.2) is 71.7 Å². The molecule has 0 bridgehead atoms. The number of carbonyl (C=O) groups excluding carboxylic acids is 2.